The Balaban J connectivity index is 2.20. The number of methoxy groups -OCH3 is 1. The lowest BCUT2D eigenvalue weighted by molar-refractivity contribution is 0.415. The number of aromatic nitrogens is 3. The van der Waals surface area contributed by atoms with Crippen molar-refractivity contribution in [2.45, 2.75) is 19.8 Å². The van der Waals surface area contributed by atoms with Gasteiger partial charge in [0.15, 0.2) is 0 Å². The molecule has 94 valence electrons. The van der Waals surface area contributed by atoms with Crippen LogP contribution in [0.1, 0.15) is 25.6 Å². The summed E-state index contributed by atoms with van der Waals surface area (Å²) in [6, 6.07) is 7.62. The summed E-state index contributed by atoms with van der Waals surface area (Å²) in [5.41, 5.74) is 0.884. The van der Waals surface area contributed by atoms with Gasteiger partial charge in [0.1, 0.15) is 17.9 Å². The first-order valence-corrected chi connectivity index (χ1v) is 5.79. The van der Waals surface area contributed by atoms with E-state index < -0.39 is 0 Å². The number of nitrogens with zero attached hydrogens (tertiary/aromatic N) is 3. The minimum Gasteiger partial charge on any atom is -0.497 e. The Morgan fingerprint density at radius 3 is 2.78 bits per heavy atom. The number of hydrogen-bond donors (Lipinski definition) is 1. The van der Waals surface area contributed by atoms with Crippen LogP contribution in [0.3, 0.4) is 0 Å². The van der Waals surface area contributed by atoms with Crippen LogP contribution in [0, 0.1) is 0 Å². The van der Waals surface area contributed by atoms with Crippen molar-refractivity contribution in [3.05, 3.63) is 36.4 Å². The third kappa shape index (κ3) is 2.94. The molecular formula is C13H16N4O. The highest BCUT2D eigenvalue weighted by Gasteiger charge is 2.05. The van der Waals surface area contributed by atoms with E-state index in [1.165, 1.54) is 6.33 Å². The van der Waals surface area contributed by atoms with E-state index in [1.54, 1.807) is 7.11 Å². The molecule has 0 radical (unpaired) electrons. The van der Waals surface area contributed by atoms with E-state index in [2.05, 4.69) is 20.3 Å². The molecule has 0 fully saturated rings. The largest absolute Gasteiger partial charge is 0.497 e. The van der Waals surface area contributed by atoms with Gasteiger partial charge < -0.3 is 10.1 Å². The van der Waals surface area contributed by atoms with E-state index in [0.29, 0.717) is 5.95 Å². The van der Waals surface area contributed by atoms with Crippen LogP contribution in [0.4, 0.5) is 11.6 Å². The fourth-order valence-corrected chi connectivity index (χ4v) is 1.48. The molecule has 0 amide bonds. The molecule has 0 saturated heterocycles. The SMILES string of the molecule is COc1cccc(Nc2ncnc(C(C)C)n2)c1. The summed E-state index contributed by atoms with van der Waals surface area (Å²) >= 11 is 0. The third-order valence-corrected chi connectivity index (χ3v) is 2.43. The summed E-state index contributed by atoms with van der Waals surface area (Å²) in [7, 11) is 1.64. The van der Waals surface area contributed by atoms with E-state index in [-0.39, 0.29) is 5.92 Å². The van der Waals surface area contributed by atoms with Gasteiger partial charge in [0.25, 0.3) is 0 Å². The average molecular weight is 244 g/mol. The summed E-state index contributed by atoms with van der Waals surface area (Å²) in [5, 5.41) is 3.13. The first-order valence-electron chi connectivity index (χ1n) is 5.79. The molecular weight excluding hydrogens is 228 g/mol. The number of benzene rings is 1. The molecule has 0 aliphatic rings. The molecule has 0 aliphatic heterocycles. The second-order valence-corrected chi connectivity index (χ2v) is 4.18. The second kappa shape index (κ2) is 5.44. The quantitative estimate of drug-likeness (QED) is 0.896. The zero-order valence-corrected chi connectivity index (χ0v) is 10.7. The Kier molecular flexibility index (Phi) is 3.72. The van der Waals surface area contributed by atoms with Crippen LogP contribution in [0.5, 0.6) is 5.75 Å². The fraction of sp³-hybridized carbons (Fsp3) is 0.308. The first kappa shape index (κ1) is 12.3. The molecule has 18 heavy (non-hydrogen) atoms. The molecule has 0 bridgehead atoms. The molecule has 5 heteroatoms. The Bertz CT molecular complexity index is 528. The van der Waals surface area contributed by atoms with Crippen LogP contribution < -0.4 is 10.1 Å². The van der Waals surface area contributed by atoms with Crippen molar-refractivity contribution >= 4 is 11.6 Å². The lowest BCUT2D eigenvalue weighted by atomic mass is 10.2. The molecule has 2 rings (SSSR count). The maximum absolute atomic E-state index is 5.16. The van der Waals surface area contributed by atoms with E-state index in [1.807, 2.05) is 38.1 Å². The molecule has 0 saturated carbocycles. The van der Waals surface area contributed by atoms with E-state index in [0.717, 1.165) is 17.3 Å². The van der Waals surface area contributed by atoms with Crippen LogP contribution in [0.15, 0.2) is 30.6 Å². The van der Waals surface area contributed by atoms with Crippen LogP contribution in [-0.2, 0) is 0 Å². The van der Waals surface area contributed by atoms with Crippen molar-refractivity contribution in [3.8, 4) is 5.75 Å². The van der Waals surface area contributed by atoms with Gasteiger partial charge in [0, 0.05) is 17.7 Å². The van der Waals surface area contributed by atoms with Crippen molar-refractivity contribution in [3.63, 3.8) is 0 Å². The van der Waals surface area contributed by atoms with Gasteiger partial charge in [-0.05, 0) is 12.1 Å². The predicted octanol–water partition coefficient (Wildman–Crippen LogP) is 2.75. The maximum Gasteiger partial charge on any atom is 0.230 e. The third-order valence-electron chi connectivity index (χ3n) is 2.43. The van der Waals surface area contributed by atoms with Crippen molar-refractivity contribution in [2.75, 3.05) is 12.4 Å². The van der Waals surface area contributed by atoms with Gasteiger partial charge >= 0.3 is 0 Å². The van der Waals surface area contributed by atoms with Gasteiger partial charge in [0.2, 0.25) is 5.95 Å². The molecule has 0 atom stereocenters. The summed E-state index contributed by atoms with van der Waals surface area (Å²) in [5.74, 6) is 2.38. The maximum atomic E-state index is 5.16. The highest BCUT2D eigenvalue weighted by molar-refractivity contribution is 5.55. The van der Waals surface area contributed by atoms with Gasteiger partial charge in [-0.15, -0.1) is 0 Å². The van der Waals surface area contributed by atoms with Crippen molar-refractivity contribution in [1.29, 1.82) is 0 Å². The molecule has 1 N–H and O–H groups in total. The number of rotatable bonds is 4. The average Bonchev–Trinajstić information content (AvgIpc) is 2.39. The fourth-order valence-electron chi connectivity index (χ4n) is 1.48. The minimum atomic E-state index is 0.277. The van der Waals surface area contributed by atoms with Gasteiger partial charge in [0.05, 0.1) is 7.11 Å². The van der Waals surface area contributed by atoms with E-state index in [4.69, 9.17) is 4.74 Å². The summed E-state index contributed by atoms with van der Waals surface area (Å²) < 4.78 is 5.16. The summed E-state index contributed by atoms with van der Waals surface area (Å²) in [6.07, 6.45) is 1.52. The molecule has 1 heterocycles. The molecule has 0 aliphatic carbocycles. The summed E-state index contributed by atoms with van der Waals surface area (Å²) in [6.45, 7) is 4.09. The van der Waals surface area contributed by atoms with Gasteiger partial charge in [-0.1, -0.05) is 19.9 Å². The molecule has 5 nitrogen and oxygen atoms in total. The standard InChI is InChI=1S/C13H16N4O/c1-9(2)12-14-8-15-13(17-12)16-10-5-4-6-11(7-10)18-3/h4-9H,1-3H3,(H,14,15,16,17). The van der Waals surface area contributed by atoms with Crippen LogP contribution in [-0.4, -0.2) is 22.1 Å². The van der Waals surface area contributed by atoms with Crippen LogP contribution in [0.2, 0.25) is 0 Å². The second-order valence-electron chi connectivity index (χ2n) is 4.18. The molecule has 0 spiro atoms. The van der Waals surface area contributed by atoms with Gasteiger partial charge in [-0.2, -0.15) is 4.98 Å². The highest BCUT2D eigenvalue weighted by atomic mass is 16.5. The van der Waals surface area contributed by atoms with E-state index >= 15 is 0 Å². The Hall–Kier alpha value is -2.17. The molecule has 0 unspecified atom stereocenters. The zero-order chi connectivity index (χ0) is 13.0. The zero-order valence-electron chi connectivity index (χ0n) is 10.7. The molecule has 1 aromatic carbocycles. The first-order chi connectivity index (χ1) is 8.69. The highest BCUT2D eigenvalue weighted by Crippen LogP contribution is 2.19. The Labute approximate surface area is 106 Å². The van der Waals surface area contributed by atoms with Crippen molar-refractivity contribution < 1.29 is 4.74 Å². The van der Waals surface area contributed by atoms with Gasteiger partial charge in [-0.25, -0.2) is 9.97 Å². The lowest BCUT2D eigenvalue weighted by Crippen LogP contribution is -2.03. The van der Waals surface area contributed by atoms with Crippen molar-refractivity contribution in [1.82, 2.24) is 15.0 Å². The number of ether oxygens (including phenoxy) is 1. The number of anilines is 2. The van der Waals surface area contributed by atoms with Crippen molar-refractivity contribution in [2.24, 2.45) is 0 Å². The number of hydrogen-bond acceptors (Lipinski definition) is 5. The minimum absolute atomic E-state index is 0.277. The Morgan fingerprint density at radius 1 is 1.22 bits per heavy atom. The van der Waals surface area contributed by atoms with Crippen LogP contribution in [0.25, 0.3) is 0 Å². The summed E-state index contributed by atoms with van der Waals surface area (Å²) in [4.78, 5) is 12.6. The number of nitrogens with one attached hydrogen (secondary N) is 1. The molecule has 2 aromatic rings. The van der Waals surface area contributed by atoms with E-state index in [9.17, 15) is 0 Å². The molecule has 1 aromatic heterocycles. The van der Waals surface area contributed by atoms with Gasteiger partial charge in [-0.3, -0.25) is 0 Å². The predicted molar refractivity (Wildman–Crippen MR) is 70.2 cm³/mol. The smallest absolute Gasteiger partial charge is 0.230 e. The topological polar surface area (TPSA) is 59.9 Å². The monoisotopic (exact) mass is 244 g/mol. The van der Waals surface area contributed by atoms with Crippen LogP contribution >= 0.6 is 0 Å². The Morgan fingerprint density at radius 2 is 2.06 bits per heavy atom. The normalized spacial score (nSPS) is 10.4. The lowest BCUT2D eigenvalue weighted by Gasteiger charge is -2.08.